The molecular formula is C20H13N3OPt. The maximum atomic E-state index is 5.81. The van der Waals surface area contributed by atoms with E-state index in [1.54, 1.807) is 6.20 Å². The molecule has 5 heteroatoms. The summed E-state index contributed by atoms with van der Waals surface area (Å²) in [6.07, 6.45) is 6.77. The first-order valence-electron chi connectivity index (χ1n) is 7.52. The van der Waals surface area contributed by atoms with Crippen molar-refractivity contribution in [3.8, 4) is 28.7 Å². The summed E-state index contributed by atoms with van der Waals surface area (Å²) in [4.78, 5) is 8.81. The van der Waals surface area contributed by atoms with Crippen LogP contribution < -0.4 is 4.74 Å². The van der Waals surface area contributed by atoms with Crippen LogP contribution in [0.1, 0.15) is 0 Å². The molecule has 0 saturated heterocycles. The fourth-order valence-electron chi connectivity index (χ4n) is 2.31. The number of ether oxygens (including phenoxy) is 1. The number of hydrogen-bond donors (Lipinski definition) is 0. The molecule has 124 valence electrons. The zero-order valence-electron chi connectivity index (χ0n) is 13.1. The van der Waals surface area contributed by atoms with Gasteiger partial charge in [0.15, 0.2) is 0 Å². The van der Waals surface area contributed by atoms with Gasteiger partial charge in [-0.1, -0.05) is 12.1 Å². The van der Waals surface area contributed by atoms with Crippen molar-refractivity contribution in [2.45, 2.75) is 0 Å². The average Bonchev–Trinajstić information content (AvgIpc) is 3.12. The standard InChI is InChI=1S/C20H13N3O.Pt/c1-2-7-16(8-3-1)23-14-12-17(15-23)24-20-11-6-10-19(22-20)18-9-4-5-13-21-18;/h1-7,9-14H;/q-2;+2. The van der Waals surface area contributed by atoms with Crippen LogP contribution in [-0.2, 0) is 21.1 Å². The van der Waals surface area contributed by atoms with Gasteiger partial charge in [-0.25, -0.2) is 11.1 Å². The average molecular weight is 506 g/mol. The fraction of sp³-hybridized carbons (Fsp3) is 0. The Morgan fingerprint density at radius 2 is 1.76 bits per heavy atom. The van der Waals surface area contributed by atoms with E-state index < -0.39 is 0 Å². The third kappa shape index (κ3) is 4.04. The van der Waals surface area contributed by atoms with Gasteiger partial charge < -0.3 is 9.30 Å². The van der Waals surface area contributed by atoms with E-state index in [9.17, 15) is 0 Å². The van der Waals surface area contributed by atoms with Gasteiger partial charge in [-0.15, -0.1) is 12.3 Å². The zero-order valence-corrected chi connectivity index (χ0v) is 15.3. The van der Waals surface area contributed by atoms with Gasteiger partial charge in [-0.05, 0) is 24.4 Å². The molecule has 0 saturated carbocycles. The molecule has 4 aromatic rings. The molecule has 25 heavy (non-hydrogen) atoms. The summed E-state index contributed by atoms with van der Waals surface area (Å²) in [7, 11) is 0. The Labute approximate surface area is 160 Å². The second-order valence-electron chi connectivity index (χ2n) is 5.09. The van der Waals surface area contributed by atoms with Crippen molar-refractivity contribution >= 4 is 0 Å². The van der Waals surface area contributed by atoms with E-state index in [0.717, 1.165) is 17.1 Å². The van der Waals surface area contributed by atoms with E-state index >= 15 is 0 Å². The first kappa shape index (κ1) is 17.1. The molecule has 0 N–H and O–H groups in total. The number of nitrogens with zero attached hydrogens (tertiary/aromatic N) is 3. The van der Waals surface area contributed by atoms with Crippen molar-refractivity contribution in [1.29, 1.82) is 0 Å². The quantitative estimate of drug-likeness (QED) is 0.387. The summed E-state index contributed by atoms with van der Waals surface area (Å²) in [6, 6.07) is 24.0. The molecular weight excluding hydrogens is 493 g/mol. The second kappa shape index (κ2) is 7.91. The first-order valence-corrected chi connectivity index (χ1v) is 7.52. The molecule has 0 atom stereocenters. The van der Waals surface area contributed by atoms with Crippen LogP contribution in [-0.4, -0.2) is 14.5 Å². The minimum absolute atomic E-state index is 0. The predicted octanol–water partition coefficient (Wildman–Crippen LogP) is 4.32. The van der Waals surface area contributed by atoms with E-state index in [1.165, 1.54) is 0 Å². The van der Waals surface area contributed by atoms with Crippen LogP contribution in [0.25, 0.3) is 17.1 Å². The minimum atomic E-state index is 0. The number of hydrogen-bond acceptors (Lipinski definition) is 3. The van der Waals surface area contributed by atoms with Crippen molar-refractivity contribution in [2.24, 2.45) is 0 Å². The zero-order chi connectivity index (χ0) is 16.2. The van der Waals surface area contributed by atoms with Crippen LogP contribution in [0.2, 0.25) is 0 Å². The minimum Gasteiger partial charge on any atom is -0.468 e. The first-order chi connectivity index (χ1) is 11.9. The molecule has 0 aliphatic carbocycles. The topological polar surface area (TPSA) is 39.9 Å². The summed E-state index contributed by atoms with van der Waals surface area (Å²) in [5, 5.41) is 0. The Bertz CT molecular complexity index is 939. The van der Waals surface area contributed by atoms with Crippen molar-refractivity contribution in [1.82, 2.24) is 14.5 Å². The van der Waals surface area contributed by atoms with Gasteiger partial charge in [-0.2, -0.15) is 30.0 Å². The van der Waals surface area contributed by atoms with Crippen LogP contribution in [0.3, 0.4) is 0 Å². The van der Waals surface area contributed by atoms with Gasteiger partial charge in [0.25, 0.3) is 0 Å². The van der Waals surface area contributed by atoms with Crippen molar-refractivity contribution in [3.05, 3.63) is 91.4 Å². The molecule has 0 spiro atoms. The summed E-state index contributed by atoms with van der Waals surface area (Å²) in [5.41, 5.74) is 2.48. The molecule has 4 rings (SSSR count). The van der Waals surface area contributed by atoms with Crippen molar-refractivity contribution < 1.29 is 25.8 Å². The van der Waals surface area contributed by atoms with Gasteiger partial charge in [0.05, 0.1) is 17.1 Å². The normalized spacial score (nSPS) is 10.1. The van der Waals surface area contributed by atoms with Gasteiger partial charge in [0.1, 0.15) is 0 Å². The molecule has 0 aliphatic rings. The molecule has 0 fully saturated rings. The smallest absolute Gasteiger partial charge is 0.468 e. The molecule has 0 radical (unpaired) electrons. The van der Waals surface area contributed by atoms with E-state index in [2.05, 4.69) is 22.2 Å². The molecule has 3 heterocycles. The molecule has 0 bridgehead atoms. The number of rotatable bonds is 4. The largest absolute Gasteiger partial charge is 2.00 e. The number of pyridine rings is 2. The molecule has 4 nitrogen and oxygen atoms in total. The third-order valence-corrected chi connectivity index (χ3v) is 3.42. The Hall–Kier alpha value is -2.71. The molecule has 0 unspecified atom stereocenters. The molecule has 3 aromatic heterocycles. The Morgan fingerprint density at radius 1 is 0.880 bits per heavy atom. The summed E-state index contributed by atoms with van der Waals surface area (Å²) in [5.74, 6) is 1.10. The van der Waals surface area contributed by atoms with Crippen molar-refractivity contribution in [2.75, 3.05) is 0 Å². The predicted molar refractivity (Wildman–Crippen MR) is 91.0 cm³/mol. The van der Waals surface area contributed by atoms with Crippen LogP contribution in [0.5, 0.6) is 11.6 Å². The fourth-order valence-corrected chi connectivity index (χ4v) is 2.31. The van der Waals surface area contributed by atoms with Gasteiger partial charge >= 0.3 is 21.1 Å². The number of para-hydroxylation sites is 1. The molecule has 1 aromatic carbocycles. The van der Waals surface area contributed by atoms with Crippen LogP contribution in [0, 0.1) is 12.3 Å². The van der Waals surface area contributed by atoms with Crippen molar-refractivity contribution in [3.63, 3.8) is 0 Å². The second-order valence-corrected chi connectivity index (χ2v) is 5.09. The van der Waals surface area contributed by atoms with E-state index in [0.29, 0.717) is 11.6 Å². The Morgan fingerprint density at radius 3 is 2.56 bits per heavy atom. The van der Waals surface area contributed by atoms with E-state index in [1.807, 2.05) is 77.5 Å². The van der Waals surface area contributed by atoms with Crippen LogP contribution >= 0.6 is 0 Å². The van der Waals surface area contributed by atoms with Gasteiger partial charge in [0, 0.05) is 12.3 Å². The summed E-state index contributed by atoms with van der Waals surface area (Å²) >= 11 is 0. The SMILES string of the molecule is [Pt+2].[c-]1ccccc1-n1[c-]c(Oc2cccc(-c3ccccn3)n2)cc1. The third-order valence-electron chi connectivity index (χ3n) is 3.42. The Kier molecular flexibility index (Phi) is 5.42. The summed E-state index contributed by atoms with van der Waals surface area (Å²) < 4.78 is 7.64. The van der Waals surface area contributed by atoms with E-state index in [-0.39, 0.29) is 21.1 Å². The maximum absolute atomic E-state index is 5.81. The van der Waals surface area contributed by atoms with E-state index in [4.69, 9.17) is 4.74 Å². The van der Waals surface area contributed by atoms with Crippen LogP contribution in [0.15, 0.2) is 79.1 Å². The Balaban J connectivity index is 0.00000182. The monoisotopic (exact) mass is 506 g/mol. The van der Waals surface area contributed by atoms with Gasteiger partial charge in [0.2, 0.25) is 5.88 Å². The number of benzene rings is 1. The molecule has 0 amide bonds. The van der Waals surface area contributed by atoms with Gasteiger partial charge in [-0.3, -0.25) is 4.98 Å². The maximum Gasteiger partial charge on any atom is 2.00 e. The number of aromatic nitrogens is 3. The van der Waals surface area contributed by atoms with Crippen LogP contribution in [0.4, 0.5) is 0 Å². The summed E-state index contributed by atoms with van der Waals surface area (Å²) in [6.45, 7) is 0. The molecule has 0 aliphatic heterocycles.